The van der Waals surface area contributed by atoms with E-state index in [1.807, 2.05) is 12.4 Å². The second-order valence-electron chi connectivity index (χ2n) is 8.22. The Bertz CT molecular complexity index is 852. The lowest BCUT2D eigenvalue weighted by Gasteiger charge is -2.45. The van der Waals surface area contributed by atoms with E-state index in [2.05, 4.69) is 42.6 Å². The Kier molecular flexibility index (Phi) is 6.31. The van der Waals surface area contributed by atoms with Crippen LogP contribution in [-0.2, 0) is 0 Å². The van der Waals surface area contributed by atoms with Crippen LogP contribution in [0.1, 0.15) is 46.5 Å². The number of nitro benzene ring substituents is 1. The van der Waals surface area contributed by atoms with Crippen LogP contribution >= 0.6 is 7.21 Å². The van der Waals surface area contributed by atoms with Gasteiger partial charge in [-0.3, -0.25) is 19.8 Å². The molecule has 1 atom stereocenters. The number of aromatic nitrogens is 1. The molecule has 150 valence electrons. The minimum Gasteiger partial charge on any atom is -0.265 e. The Hall–Kier alpha value is -2.04. The predicted molar refractivity (Wildman–Crippen MR) is 116 cm³/mol. The number of nitro groups is 1. The molecule has 0 N–H and O–H groups in total. The van der Waals surface area contributed by atoms with E-state index < -0.39 is 7.21 Å². The van der Waals surface area contributed by atoms with Crippen LogP contribution in [0.25, 0.3) is 0 Å². The second kappa shape index (κ2) is 8.54. The van der Waals surface area contributed by atoms with Gasteiger partial charge in [-0.2, -0.15) is 0 Å². The molecule has 1 fully saturated rings. The summed E-state index contributed by atoms with van der Waals surface area (Å²) in [5.41, 5.74) is 0.896. The first kappa shape index (κ1) is 20.7. The minimum absolute atomic E-state index is 0.0829. The summed E-state index contributed by atoms with van der Waals surface area (Å²) in [6.07, 6.45) is 8.57. The van der Waals surface area contributed by atoms with Crippen molar-refractivity contribution in [3.05, 3.63) is 58.9 Å². The van der Waals surface area contributed by atoms with Crippen molar-refractivity contribution >= 4 is 23.9 Å². The molecule has 2 heterocycles. The predicted octanol–water partition coefficient (Wildman–Crippen LogP) is 5.74. The average molecular weight is 400 g/mol. The zero-order valence-corrected chi connectivity index (χ0v) is 17.8. The molecule has 1 saturated heterocycles. The maximum Gasteiger partial charge on any atom is 0.269 e. The van der Waals surface area contributed by atoms with Crippen LogP contribution in [0.2, 0.25) is 0 Å². The first-order valence-electron chi connectivity index (χ1n) is 9.87. The van der Waals surface area contributed by atoms with Gasteiger partial charge in [0.1, 0.15) is 0 Å². The van der Waals surface area contributed by atoms with Crippen molar-refractivity contribution in [2.45, 2.75) is 51.6 Å². The highest BCUT2D eigenvalue weighted by atomic mass is 31.2. The molecular weight excluding hydrogens is 371 g/mol. The lowest BCUT2D eigenvalue weighted by Crippen LogP contribution is -2.37. The summed E-state index contributed by atoms with van der Waals surface area (Å²) in [5.74, 6) is 0. The molecule has 6 nitrogen and oxygen atoms in total. The maximum atomic E-state index is 11.0. The lowest BCUT2D eigenvalue weighted by atomic mass is 10.2. The highest BCUT2D eigenvalue weighted by Crippen LogP contribution is 2.64. The van der Waals surface area contributed by atoms with Crippen molar-refractivity contribution in [1.29, 1.82) is 0 Å². The van der Waals surface area contributed by atoms with E-state index in [9.17, 15) is 10.1 Å². The van der Waals surface area contributed by atoms with Gasteiger partial charge >= 0.3 is 0 Å². The van der Waals surface area contributed by atoms with Crippen LogP contribution in [0.15, 0.2) is 53.5 Å². The van der Waals surface area contributed by atoms with Gasteiger partial charge in [0.2, 0.25) is 0 Å². The third kappa shape index (κ3) is 4.18. The fourth-order valence-electron chi connectivity index (χ4n) is 3.95. The maximum absolute atomic E-state index is 11.0. The first-order valence-corrected chi connectivity index (χ1v) is 11.6. The molecule has 28 heavy (non-hydrogen) atoms. The van der Waals surface area contributed by atoms with Crippen LogP contribution in [0, 0.1) is 10.1 Å². The third-order valence-corrected chi connectivity index (χ3v) is 9.90. The summed E-state index contributed by atoms with van der Waals surface area (Å²) >= 11 is 0. The third-order valence-electron chi connectivity index (χ3n) is 5.27. The van der Waals surface area contributed by atoms with Crippen LogP contribution in [0.3, 0.4) is 0 Å². The number of hydrogen-bond acceptors (Lipinski definition) is 4. The summed E-state index contributed by atoms with van der Waals surface area (Å²) in [6.45, 7) is 8.86. The van der Waals surface area contributed by atoms with E-state index >= 15 is 0 Å². The van der Waals surface area contributed by atoms with Gasteiger partial charge in [-0.25, -0.2) is 4.74 Å². The van der Waals surface area contributed by atoms with Crippen molar-refractivity contribution in [2.75, 3.05) is 13.1 Å². The van der Waals surface area contributed by atoms with Gasteiger partial charge in [0.05, 0.1) is 17.8 Å². The monoisotopic (exact) mass is 400 g/mol. The van der Waals surface area contributed by atoms with Gasteiger partial charge in [0.25, 0.3) is 5.69 Å². The molecular formula is C21H29N4O2P. The summed E-state index contributed by atoms with van der Waals surface area (Å²) in [7, 11) is -2.15. The van der Waals surface area contributed by atoms with Crippen molar-refractivity contribution in [3.63, 3.8) is 0 Å². The van der Waals surface area contributed by atoms with Gasteiger partial charge < -0.3 is 0 Å². The summed E-state index contributed by atoms with van der Waals surface area (Å²) in [4.78, 5) is 14.9. The summed E-state index contributed by atoms with van der Waals surface area (Å²) < 4.78 is 7.99. The summed E-state index contributed by atoms with van der Waals surface area (Å²) in [5, 5.41) is 12.2. The SMILES string of the molecule is CC(C)(C)[P@](=Nc1ccc([N+](=O)[O-])cc1)(c1ccncc1)N1CCCCCC1. The van der Waals surface area contributed by atoms with E-state index in [1.165, 1.54) is 31.0 Å². The lowest BCUT2D eigenvalue weighted by molar-refractivity contribution is -0.384. The molecule has 1 aliphatic rings. The number of nitrogens with zero attached hydrogens (tertiary/aromatic N) is 4. The molecule has 0 unspecified atom stereocenters. The largest absolute Gasteiger partial charge is 0.269 e. The molecule has 1 aromatic carbocycles. The molecule has 3 rings (SSSR count). The molecule has 1 aromatic heterocycles. The summed E-state index contributed by atoms with van der Waals surface area (Å²) in [6, 6.07) is 10.8. The Balaban J connectivity index is 2.23. The molecule has 0 amide bonds. The molecule has 0 saturated carbocycles. The van der Waals surface area contributed by atoms with Crippen LogP contribution in [-0.4, -0.2) is 32.8 Å². The fourth-order valence-corrected chi connectivity index (χ4v) is 8.32. The Morgan fingerprint density at radius 3 is 2.07 bits per heavy atom. The van der Waals surface area contributed by atoms with Crippen molar-refractivity contribution in [1.82, 2.24) is 9.65 Å². The molecule has 1 aliphatic heterocycles. The van der Waals surface area contributed by atoms with Gasteiger partial charge in [-0.15, -0.1) is 0 Å². The minimum atomic E-state index is -2.15. The Morgan fingerprint density at radius 1 is 1.00 bits per heavy atom. The zero-order chi connectivity index (χ0) is 20.2. The van der Waals surface area contributed by atoms with Gasteiger partial charge in [0, 0.05) is 48.1 Å². The molecule has 2 aromatic rings. The Labute approximate surface area is 167 Å². The second-order valence-corrected chi connectivity index (χ2v) is 12.0. The van der Waals surface area contributed by atoms with Crippen molar-refractivity contribution in [2.24, 2.45) is 4.74 Å². The van der Waals surface area contributed by atoms with E-state index in [-0.39, 0.29) is 15.8 Å². The van der Waals surface area contributed by atoms with Gasteiger partial charge in [-0.05, 0) is 37.1 Å². The molecule has 0 spiro atoms. The Morgan fingerprint density at radius 2 is 1.57 bits per heavy atom. The van der Waals surface area contributed by atoms with Crippen molar-refractivity contribution < 1.29 is 4.92 Å². The fraction of sp³-hybridized carbons (Fsp3) is 0.476. The van der Waals surface area contributed by atoms with Crippen LogP contribution in [0.4, 0.5) is 11.4 Å². The number of hydrogen-bond donors (Lipinski definition) is 0. The normalized spacial score (nSPS) is 18.1. The highest BCUT2D eigenvalue weighted by molar-refractivity contribution is 7.73. The highest BCUT2D eigenvalue weighted by Gasteiger charge is 2.41. The topological polar surface area (TPSA) is 71.6 Å². The van der Waals surface area contributed by atoms with E-state index in [1.54, 1.807) is 24.3 Å². The van der Waals surface area contributed by atoms with E-state index in [0.717, 1.165) is 18.8 Å². The standard InChI is InChI=1S/C21H29N4O2P/c1-21(2,3)28(20-12-14-22-15-13-20,24-16-6-4-5-7-17-24)23-18-8-10-19(11-9-18)25(26)27/h8-15H,4-7,16-17H2,1-3H3/t28-/m0/s1. The molecule has 0 radical (unpaired) electrons. The number of pyridine rings is 1. The molecule has 0 bridgehead atoms. The molecule has 7 heteroatoms. The average Bonchev–Trinajstić information content (AvgIpc) is 2.96. The number of benzene rings is 1. The van der Waals surface area contributed by atoms with Gasteiger partial charge in [0.15, 0.2) is 0 Å². The molecule has 0 aliphatic carbocycles. The van der Waals surface area contributed by atoms with Gasteiger partial charge in [-0.1, -0.05) is 33.6 Å². The first-order chi connectivity index (χ1) is 13.3. The van der Waals surface area contributed by atoms with Crippen molar-refractivity contribution in [3.8, 4) is 0 Å². The van der Waals surface area contributed by atoms with E-state index in [4.69, 9.17) is 4.74 Å². The quantitative estimate of drug-likeness (QED) is 0.373. The zero-order valence-electron chi connectivity index (χ0n) is 16.9. The number of non-ortho nitro benzene ring substituents is 1. The number of rotatable bonds is 4. The van der Waals surface area contributed by atoms with Crippen LogP contribution < -0.4 is 5.30 Å². The smallest absolute Gasteiger partial charge is 0.265 e. The van der Waals surface area contributed by atoms with Crippen LogP contribution in [0.5, 0.6) is 0 Å². The van der Waals surface area contributed by atoms with E-state index in [0.29, 0.717) is 0 Å².